The van der Waals surface area contributed by atoms with Crippen LogP contribution in [0.1, 0.15) is 45.4 Å². The number of hydrogen-bond acceptors (Lipinski definition) is 4. The maximum atomic E-state index is 11.7. The quantitative estimate of drug-likeness (QED) is 0.626. The van der Waals surface area contributed by atoms with Gasteiger partial charge in [-0.3, -0.25) is 4.79 Å². The lowest BCUT2D eigenvalue weighted by atomic mass is 10.2. The molecule has 1 rings (SSSR count). The molecule has 0 unspecified atom stereocenters. The maximum Gasteiger partial charge on any atom is 0.224 e. The van der Waals surface area contributed by atoms with Crippen LogP contribution in [0.2, 0.25) is 0 Å². The van der Waals surface area contributed by atoms with Crippen LogP contribution in [0.4, 0.5) is 5.69 Å². The summed E-state index contributed by atoms with van der Waals surface area (Å²) in [5.41, 5.74) is 0.688. The fourth-order valence-electron chi connectivity index (χ4n) is 2.07. The number of rotatable bonds is 11. The van der Waals surface area contributed by atoms with E-state index in [4.69, 9.17) is 4.74 Å². The number of nitrogens with one attached hydrogen (secondary N) is 1. The molecule has 1 N–H and O–H groups in total. The molecule has 0 aliphatic carbocycles. The van der Waals surface area contributed by atoms with Crippen molar-refractivity contribution in [1.82, 2.24) is 0 Å². The van der Waals surface area contributed by atoms with E-state index in [1.54, 1.807) is 12.1 Å². The number of sulfone groups is 1. The molecule has 0 radical (unpaired) electrons. The Morgan fingerprint density at radius 2 is 1.78 bits per heavy atom. The Kier molecular flexibility index (Phi) is 8.69. The molecule has 0 spiro atoms. The lowest BCUT2D eigenvalue weighted by Gasteiger charge is -2.08. The highest BCUT2D eigenvalue weighted by atomic mass is 32.2. The number of hydrogen-bond donors (Lipinski definition) is 1. The molecule has 0 bridgehead atoms. The van der Waals surface area contributed by atoms with Gasteiger partial charge < -0.3 is 10.1 Å². The molecule has 1 aromatic carbocycles. The van der Waals surface area contributed by atoms with Crippen molar-refractivity contribution in [1.29, 1.82) is 0 Å². The Morgan fingerprint density at radius 3 is 2.39 bits per heavy atom. The van der Waals surface area contributed by atoms with Gasteiger partial charge in [-0.05, 0) is 37.1 Å². The summed E-state index contributed by atoms with van der Waals surface area (Å²) in [5, 5.41) is 2.75. The lowest BCUT2D eigenvalue weighted by molar-refractivity contribution is -0.116. The van der Waals surface area contributed by atoms with Crippen LogP contribution in [-0.4, -0.2) is 32.9 Å². The molecule has 1 aromatic rings. The van der Waals surface area contributed by atoms with Crippen LogP contribution in [0.5, 0.6) is 5.75 Å². The van der Waals surface area contributed by atoms with Crippen molar-refractivity contribution in [2.75, 3.05) is 23.9 Å². The average Bonchev–Trinajstić information content (AvgIpc) is 2.47. The first-order valence-electron chi connectivity index (χ1n) is 8.11. The van der Waals surface area contributed by atoms with Crippen molar-refractivity contribution in [2.45, 2.75) is 45.4 Å². The normalized spacial score (nSPS) is 11.2. The second kappa shape index (κ2) is 10.3. The van der Waals surface area contributed by atoms with E-state index in [1.807, 2.05) is 12.1 Å². The third-order valence-electron chi connectivity index (χ3n) is 3.32. The summed E-state index contributed by atoms with van der Waals surface area (Å²) in [6.07, 6.45) is 6.37. The van der Waals surface area contributed by atoms with Gasteiger partial charge in [0.1, 0.15) is 15.6 Å². The van der Waals surface area contributed by atoms with E-state index < -0.39 is 9.84 Å². The molecule has 0 fully saturated rings. The number of amides is 1. The Balaban J connectivity index is 2.29. The zero-order chi connectivity index (χ0) is 17.1. The first-order valence-corrected chi connectivity index (χ1v) is 10.2. The molecular weight excluding hydrogens is 314 g/mol. The van der Waals surface area contributed by atoms with Gasteiger partial charge in [0.25, 0.3) is 0 Å². The van der Waals surface area contributed by atoms with Crippen molar-refractivity contribution in [3.63, 3.8) is 0 Å². The zero-order valence-corrected chi connectivity index (χ0v) is 14.8. The molecule has 0 heterocycles. The van der Waals surface area contributed by atoms with E-state index in [0.29, 0.717) is 18.7 Å². The Bertz CT molecular complexity index is 567. The monoisotopic (exact) mass is 341 g/mol. The van der Waals surface area contributed by atoms with Gasteiger partial charge in [-0.15, -0.1) is 0 Å². The van der Waals surface area contributed by atoms with Gasteiger partial charge in [0, 0.05) is 18.4 Å². The summed E-state index contributed by atoms with van der Waals surface area (Å²) in [5.74, 6) is 0.643. The minimum absolute atomic E-state index is 0.0330. The van der Waals surface area contributed by atoms with E-state index in [-0.39, 0.29) is 18.1 Å². The van der Waals surface area contributed by atoms with Crippen molar-refractivity contribution < 1.29 is 17.9 Å². The SMILES string of the molecule is CCCCCCOc1ccc(NC(=O)CCCS(C)(=O)=O)cc1. The predicted octanol–water partition coefficient (Wildman–Crippen LogP) is 3.41. The second-order valence-corrected chi connectivity index (χ2v) is 7.97. The van der Waals surface area contributed by atoms with E-state index >= 15 is 0 Å². The summed E-state index contributed by atoms with van der Waals surface area (Å²) in [6, 6.07) is 7.23. The zero-order valence-electron chi connectivity index (χ0n) is 14.0. The average molecular weight is 341 g/mol. The fraction of sp³-hybridized carbons (Fsp3) is 0.588. The van der Waals surface area contributed by atoms with Gasteiger partial charge in [0.05, 0.1) is 12.4 Å². The van der Waals surface area contributed by atoms with E-state index in [9.17, 15) is 13.2 Å². The van der Waals surface area contributed by atoms with Crippen LogP contribution in [0.15, 0.2) is 24.3 Å². The van der Waals surface area contributed by atoms with Gasteiger partial charge in [0.2, 0.25) is 5.91 Å². The van der Waals surface area contributed by atoms with Crippen LogP contribution < -0.4 is 10.1 Å². The second-order valence-electron chi connectivity index (χ2n) is 5.72. The molecule has 6 heteroatoms. The molecule has 0 aliphatic heterocycles. The minimum Gasteiger partial charge on any atom is -0.494 e. The van der Waals surface area contributed by atoms with Crippen LogP contribution >= 0.6 is 0 Å². The van der Waals surface area contributed by atoms with Crippen LogP contribution in [-0.2, 0) is 14.6 Å². The van der Waals surface area contributed by atoms with Crippen molar-refractivity contribution >= 4 is 21.4 Å². The predicted molar refractivity (Wildman–Crippen MR) is 93.7 cm³/mol. The minimum atomic E-state index is -3.01. The largest absolute Gasteiger partial charge is 0.494 e. The molecular formula is C17H27NO4S. The number of carbonyl (C=O) groups is 1. The van der Waals surface area contributed by atoms with Crippen molar-refractivity contribution in [3.8, 4) is 5.75 Å². The van der Waals surface area contributed by atoms with E-state index in [1.165, 1.54) is 25.5 Å². The van der Waals surface area contributed by atoms with Gasteiger partial charge in [0.15, 0.2) is 0 Å². The summed E-state index contributed by atoms with van der Waals surface area (Å²) in [4.78, 5) is 11.7. The standard InChI is InChI=1S/C17H27NO4S/c1-3-4-5-6-13-22-16-11-9-15(10-12-16)18-17(19)8-7-14-23(2,20)21/h9-12H,3-8,13-14H2,1-2H3,(H,18,19). The molecule has 0 atom stereocenters. The molecule has 1 amide bonds. The fourth-order valence-corrected chi connectivity index (χ4v) is 2.74. The topological polar surface area (TPSA) is 72.5 Å². The smallest absolute Gasteiger partial charge is 0.224 e. The Morgan fingerprint density at radius 1 is 1.09 bits per heavy atom. The highest BCUT2D eigenvalue weighted by Gasteiger charge is 2.06. The van der Waals surface area contributed by atoms with Crippen LogP contribution in [0.3, 0.4) is 0 Å². The number of anilines is 1. The third-order valence-corrected chi connectivity index (χ3v) is 4.35. The summed E-state index contributed by atoms with van der Waals surface area (Å²) >= 11 is 0. The number of ether oxygens (including phenoxy) is 1. The number of benzene rings is 1. The highest BCUT2D eigenvalue weighted by Crippen LogP contribution is 2.16. The summed E-state index contributed by atoms with van der Waals surface area (Å²) in [7, 11) is -3.01. The highest BCUT2D eigenvalue weighted by molar-refractivity contribution is 7.90. The van der Waals surface area contributed by atoms with E-state index in [0.717, 1.165) is 12.2 Å². The first-order chi connectivity index (χ1) is 10.9. The molecule has 0 saturated heterocycles. The molecule has 0 saturated carbocycles. The van der Waals surface area contributed by atoms with Gasteiger partial charge in [-0.1, -0.05) is 26.2 Å². The molecule has 130 valence electrons. The Hall–Kier alpha value is -1.56. The van der Waals surface area contributed by atoms with Crippen molar-refractivity contribution in [2.24, 2.45) is 0 Å². The van der Waals surface area contributed by atoms with E-state index in [2.05, 4.69) is 12.2 Å². The molecule has 23 heavy (non-hydrogen) atoms. The van der Waals surface area contributed by atoms with Crippen molar-refractivity contribution in [3.05, 3.63) is 24.3 Å². The van der Waals surface area contributed by atoms with Crippen LogP contribution in [0.25, 0.3) is 0 Å². The first kappa shape index (κ1) is 19.5. The van der Waals surface area contributed by atoms with Crippen LogP contribution in [0, 0.1) is 0 Å². The third kappa shape index (κ3) is 9.94. The molecule has 0 aromatic heterocycles. The summed E-state index contributed by atoms with van der Waals surface area (Å²) in [6.45, 7) is 2.88. The van der Waals surface area contributed by atoms with Gasteiger partial charge in [-0.25, -0.2) is 8.42 Å². The lowest BCUT2D eigenvalue weighted by Crippen LogP contribution is -2.13. The molecule has 5 nitrogen and oxygen atoms in total. The Labute approximate surface area is 139 Å². The molecule has 0 aliphatic rings. The summed E-state index contributed by atoms with van der Waals surface area (Å²) < 4.78 is 27.7. The van der Waals surface area contributed by atoms with Gasteiger partial charge in [-0.2, -0.15) is 0 Å². The number of unbranched alkanes of at least 4 members (excludes halogenated alkanes) is 3. The maximum absolute atomic E-state index is 11.7. The van der Waals surface area contributed by atoms with Gasteiger partial charge >= 0.3 is 0 Å². The number of carbonyl (C=O) groups excluding carboxylic acids is 1.